The van der Waals surface area contributed by atoms with E-state index in [1.807, 2.05) is 0 Å². The zero-order chi connectivity index (χ0) is 27.1. The average Bonchev–Trinajstić information content (AvgIpc) is 3.40. The van der Waals surface area contributed by atoms with Gasteiger partial charge >= 0.3 is 11.9 Å². The molecule has 4 rings (SSSR count). The maximum absolute atomic E-state index is 13.1. The Morgan fingerprint density at radius 2 is 1.86 bits per heavy atom. The molecule has 0 aliphatic carbocycles. The summed E-state index contributed by atoms with van der Waals surface area (Å²) in [4.78, 5) is 55.7. The predicted octanol–water partition coefficient (Wildman–Crippen LogP) is 2.08. The zero-order valence-electron chi connectivity index (χ0n) is 21.3. The number of hydrogen-bond donors (Lipinski definition) is 2. The van der Waals surface area contributed by atoms with Crippen molar-refractivity contribution in [2.75, 3.05) is 12.1 Å². The summed E-state index contributed by atoms with van der Waals surface area (Å²) in [6.07, 6.45) is 2.66. The molecule has 196 valence electrons. The topological polar surface area (TPSA) is 140 Å². The number of ether oxygens (including phenoxy) is 2. The molecule has 0 unspecified atom stereocenters. The van der Waals surface area contributed by atoms with Crippen LogP contribution in [0.5, 0.6) is 0 Å². The fourth-order valence-electron chi connectivity index (χ4n) is 4.46. The number of hydrogen-bond acceptors (Lipinski definition) is 8. The lowest BCUT2D eigenvalue weighted by Gasteiger charge is -2.44. The van der Waals surface area contributed by atoms with Gasteiger partial charge in [-0.1, -0.05) is 12.1 Å². The lowest BCUT2D eigenvalue weighted by atomic mass is 9.82. The second kappa shape index (κ2) is 9.81. The van der Waals surface area contributed by atoms with Crippen molar-refractivity contribution in [3.05, 3.63) is 53.7 Å². The minimum atomic E-state index is -0.873. The Morgan fingerprint density at radius 3 is 2.43 bits per heavy atom. The fourth-order valence-corrected chi connectivity index (χ4v) is 4.46. The van der Waals surface area contributed by atoms with Crippen LogP contribution in [-0.2, 0) is 30.9 Å². The van der Waals surface area contributed by atoms with Crippen molar-refractivity contribution < 1.29 is 33.8 Å². The minimum absolute atomic E-state index is 0.0588. The minimum Gasteiger partial charge on any atom is -0.427 e. The fraction of sp³-hybridized carbons (Fsp3) is 0.423. The van der Waals surface area contributed by atoms with Crippen molar-refractivity contribution in [1.82, 2.24) is 14.5 Å². The number of carbonyl (C=O) groups is 4. The first-order valence-corrected chi connectivity index (χ1v) is 11.9. The second-order valence-electron chi connectivity index (χ2n) is 10.2. The van der Waals surface area contributed by atoms with Gasteiger partial charge in [0, 0.05) is 25.1 Å². The van der Waals surface area contributed by atoms with Gasteiger partial charge in [0.1, 0.15) is 5.70 Å². The van der Waals surface area contributed by atoms with Crippen LogP contribution in [0.3, 0.4) is 0 Å². The van der Waals surface area contributed by atoms with E-state index in [2.05, 4.69) is 10.3 Å². The van der Waals surface area contributed by atoms with E-state index in [1.165, 1.54) is 11.1 Å². The first-order chi connectivity index (χ1) is 17.4. The van der Waals surface area contributed by atoms with Crippen LogP contribution < -0.4 is 5.32 Å². The van der Waals surface area contributed by atoms with E-state index in [4.69, 9.17) is 9.47 Å². The number of fused-ring (bicyclic) bond motifs is 1. The van der Waals surface area contributed by atoms with Gasteiger partial charge in [-0.15, -0.1) is 0 Å². The van der Waals surface area contributed by atoms with E-state index in [1.54, 1.807) is 69.8 Å². The van der Waals surface area contributed by atoms with Crippen molar-refractivity contribution >= 4 is 35.0 Å². The van der Waals surface area contributed by atoms with E-state index in [-0.39, 0.29) is 29.4 Å². The smallest absolute Gasteiger partial charge is 0.358 e. The number of nitrogens with zero attached hydrogens (tertiary/aromatic N) is 3. The number of β-lactam (4-membered cyclic amide) rings is 1. The highest BCUT2D eigenvalue weighted by atomic mass is 16.7. The van der Waals surface area contributed by atoms with Gasteiger partial charge in [-0.05, 0) is 57.4 Å². The summed E-state index contributed by atoms with van der Waals surface area (Å²) in [7, 11) is 1.72. The van der Waals surface area contributed by atoms with E-state index in [9.17, 15) is 24.3 Å². The van der Waals surface area contributed by atoms with Gasteiger partial charge in [0.05, 0.1) is 23.5 Å². The lowest BCUT2D eigenvalue weighted by molar-refractivity contribution is -0.175. The molecule has 1 saturated heterocycles. The number of amides is 2. The van der Waals surface area contributed by atoms with Crippen molar-refractivity contribution in [3.63, 3.8) is 0 Å². The monoisotopic (exact) mass is 510 g/mol. The van der Waals surface area contributed by atoms with Crippen LogP contribution in [-0.4, -0.2) is 62.2 Å². The van der Waals surface area contributed by atoms with Gasteiger partial charge < -0.3 is 29.4 Å². The molecule has 11 nitrogen and oxygen atoms in total. The standard InChI is InChI=1S/C26H30N4O7/c1-14(31)19-18-12-17(15-6-8-16(9-7-15)28-22(32)21-27-10-11-29(21)5)20(30(18)23(19)33)24(34)36-13-37-25(35)26(2,3)4/h6-11,14,18-19,31H,12-13H2,1-5H3,(H,28,32)/t14-,18-,19-/m1/s1. The molecule has 37 heavy (non-hydrogen) atoms. The Bertz CT molecular complexity index is 1270. The van der Waals surface area contributed by atoms with Crippen molar-refractivity contribution in [1.29, 1.82) is 0 Å². The maximum atomic E-state index is 13.1. The summed E-state index contributed by atoms with van der Waals surface area (Å²) in [6, 6.07) is 6.43. The van der Waals surface area contributed by atoms with Crippen molar-refractivity contribution in [3.8, 4) is 0 Å². The molecule has 1 aromatic heterocycles. The van der Waals surface area contributed by atoms with Gasteiger partial charge in [-0.2, -0.15) is 0 Å². The van der Waals surface area contributed by atoms with E-state index < -0.39 is 36.2 Å². The molecular weight excluding hydrogens is 480 g/mol. The molecule has 0 radical (unpaired) electrons. The Balaban J connectivity index is 1.55. The lowest BCUT2D eigenvalue weighted by Crippen LogP contribution is -2.61. The molecule has 3 atom stereocenters. The highest BCUT2D eigenvalue weighted by Gasteiger charge is 2.57. The average molecular weight is 511 g/mol. The summed E-state index contributed by atoms with van der Waals surface area (Å²) >= 11 is 0. The number of benzene rings is 1. The molecule has 0 spiro atoms. The number of esters is 2. The molecule has 2 aromatic rings. The summed E-state index contributed by atoms with van der Waals surface area (Å²) in [5.41, 5.74) is 1.04. The molecule has 1 aromatic carbocycles. The van der Waals surface area contributed by atoms with Crippen LogP contribution >= 0.6 is 0 Å². The molecule has 0 bridgehead atoms. The zero-order valence-corrected chi connectivity index (χ0v) is 21.3. The van der Waals surface area contributed by atoms with E-state index in [0.29, 0.717) is 23.2 Å². The number of aliphatic hydroxyl groups excluding tert-OH is 1. The van der Waals surface area contributed by atoms with Gasteiger partial charge in [0.25, 0.3) is 5.91 Å². The molecular formula is C26H30N4O7. The predicted molar refractivity (Wildman–Crippen MR) is 131 cm³/mol. The summed E-state index contributed by atoms with van der Waals surface area (Å²) < 4.78 is 11.8. The molecule has 1 fully saturated rings. The van der Waals surface area contributed by atoms with Crippen LogP contribution in [0.4, 0.5) is 5.69 Å². The number of carbonyl (C=O) groups excluding carboxylic acids is 4. The number of anilines is 1. The molecule has 3 heterocycles. The molecule has 2 amide bonds. The number of aryl methyl sites for hydroxylation is 1. The number of nitrogens with one attached hydrogen (secondary N) is 1. The first-order valence-electron chi connectivity index (χ1n) is 11.9. The number of imidazole rings is 1. The Hall–Kier alpha value is -3.99. The summed E-state index contributed by atoms with van der Waals surface area (Å²) in [6.45, 7) is 5.99. The van der Waals surface area contributed by atoms with Gasteiger partial charge in [0.2, 0.25) is 12.7 Å². The van der Waals surface area contributed by atoms with Gasteiger partial charge in [0.15, 0.2) is 5.82 Å². The first kappa shape index (κ1) is 26.1. The SMILES string of the molecule is C[C@@H](O)[C@H]1C(=O)N2C(C(=O)OCOC(=O)C(C)(C)C)=C(c3ccc(NC(=O)c4nccn4C)cc3)C[C@H]12. The number of aliphatic hydroxyl groups is 1. The third-order valence-electron chi connectivity index (χ3n) is 6.43. The molecule has 2 aliphatic rings. The normalized spacial score (nSPS) is 19.7. The van der Waals surface area contributed by atoms with Crippen LogP contribution in [0.2, 0.25) is 0 Å². The third kappa shape index (κ3) is 4.99. The van der Waals surface area contributed by atoms with E-state index in [0.717, 1.165) is 0 Å². The molecule has 11 heteroatoms. The van der Waals surface area contributed by atoms with Crippen LogP contribution in [0, 0.1) is 11.3 Å². The van der Waals surface area contributed by atoms with Crippen molar-refractivity contribution in [2.24, 2.45) is 18.4 Å². The highest BCUT2D eigenvalue weighted by Crippen LogP contribution is 2.47. The van der Waals surface area contributed by atoms with Gasteiger partial charge in [-0.3, -0.25) is 14.4 Å². The van der Waals surface area contributed by atoms with Crippen LogP contribution in [0.1, 0.15) is 50.3 Å². The molecule has 2 aliphatic heterocycles. The van der Waals surface area contributed by atoms with Crippen LogP contribution in [0.25, 0.3) is 5.57 Å². The van der Waals surface area contributed by atoms with Crippen molar-refractivity contribution in [2.45, 2.75) is 46.3 Å². The molecule has 0 saturated carbocycles. The van der Waals surface area contributed by atoms with Crippen LogP contribution in [0.15, 0.2) is 42.4 Å². The largest absolute Gasteiger partial charge is 0.427 e. The maximum Gasteiger partial charge on any atom is 0.358 e. The summed E-state index contributed by atoms with van der Waals surface area (Å²) in [5.74, 6) is -2.45. The highest BCUT2D eigenvalue weighted by molar-refractivity contribution is 6.07. The quantitative estimate of drug-likeness (QED) is 0.328. The third-order valence-corrected chi connectivity index (χ3v) is 6.43. The Kier molecular flexibility index (Phi) is 6.92. The summed E-state index contributed by atoms with van der Waals surface area (Å²) in [5, 5.41) is 12.9. The number of rotatable bonds is 7. The van der Waals surface area contributed by atoms with E-state index >= 15 is 0 Å². The molecule has 2 N–H and O–H groups in total. The second-order valence-corrected chi connectivity index (χ2v) is 10.2. The Labute approximate surface area is 214 Å². The Morgan fingerprint density at radius 1 is 1.19 bits per heavy atom. The van der Waals surface area contributed by atoms with Gasteiger partial charge in [-0.25, -0.2) is 9.78 Å². The number of aromatic nitrogens is 2.